The Balaban J connectivity index is 1.95. The molecule has 0 aliphatic heterocycles. The van der Waals surface area contributed by atoms with Gasteiger partial charge in [-0.05, 0) is 27.7 Å². The number of hydrogen-bond donors (Lipinski definition) is 2. The largest absolute Gasteiger partial charge is 0.312 e. The normalized spacial score (nSPS) is 11.8. The lowest BCUT2D eigenvalue weighted by Gasteiger charge is -2.14. The smallest absolute Gasteiger partial charge is 0.273 e. The number of nitrogens with one attached hydrogen (secondary N) is 2. The summed E-state index contributed by atoms with van der Waals surface area (Å²) in [6, 6.07) is 0. The quantitative estimate of drug-likeness (QED) is 0.481. The summed E-state index contributed by atoms with van der Waals surface area (Å²) in [6.45, 7) is 7.32. The van der Waals surface area contributed by atoms with Crippen molar-refractivity contribution in [2.75, 3.05) is 0 Å². The van der Waals surface area contributed by atoms with Crippen LogP contribution in [-0.2, 0) is 22.7 Å². The van der Waals surface area contributed by atoms with Gasteiger partial charge in [0.25, 0.3) is 5.91 Å². The van der Waals surface area contributed by atoms with Gasteiger partial charge in [-0.1, -0.05) is 6.92 Å². The molecule has 1 atom stereocenters. The predicted molar refractivity (Wildman–Crippen MR) is 102 cm³/mol. The molecule has 0 bridgehead atoms. The third-order valence-electron chi connectivity index (χ3n) is 4.56. The van der Waals surface area contributed by atoms with E-state index in [0.717, 1.165) is 0 Å². The van der Waals surface area contributed by atoms with Gasteiger partial charge >= 0.3 is 11.4 Å². The van der Waals surface area contributed by atoms with E-state index in [2.05, 4.69) is 21.0 Å². The van der Waals surface area contributed by atoms with Gasteiger partial charge in [-0.3, -0.25) is 50.0 Å². The van der Waals surface area contributed by atoms with Crippen LogP contribution in [0, 0.1) is 53.8 Å². The Hall–Kier alpha value is -3.84. The zero-order valence-corrected chi connectivity index (χ0v) is 17.1. The molecule has 30 heavy (non-hydrogen) atoms. The molecule has 2 rings (SSSR count). The molecular weight excluding hydrogens is 400 g/mol. The summed E-state index contributed by atoms with van der Waals surface area (Å²) in [5.41, 5.74) is 5.19. The Morgan fingerprint density at radius 1 is 0.933 bits per heavy atom. The van der Waals surface area contributed by atoms with Gasteiger partial charge in [0.15, 0.2) is 0 Å². The number of rotatable bonds is 7. The van der Waals surface area contributed by atoms with E-state index < -0.39 is 27.6 Å². The van der Waals surface area contributed by atoms with Crippen molar-refractivity contribution in [3.63, 3.8) is 0 Å². The summed E-state index contributed by atoms with van der Waals surface area (Å²) >= 11 is 0. The number of nitro groups is 2. The molecule has 2 aromatic rings. The molecule has 0 spiro atoms. The van der Waals surface area contributed by atoms with E-state index in [1.165, 1.54) is 37.1 Å². The van der Waals surface area contributed by atoms with Gasteiger partial charge in [-0.15, -0.1) is 0 Å². The van der Waals surface area contributed by atoms with Crippen molar-refractivity contribution in [1.82, 2.24) is 30.4 Å². The highest BCUT2D eigenvalue weighted by Gasteiger charge is 2.25. The Morgan fingerprint density at radius 2 is 1.40 bits per heavy atom. The third kappa shape index (κ3) is 4.59. The van der Waals surface area contributed by atoms with Crippen LogP contribution >= 0.6 is 0 Å². The standard InChI is InChI=1S/C16H22N8O6/c1-8(6-21-11(4)14(23(27)28)9(2)19-21)16(26)18-17-13(25)7-22-12(5)15(24(29)30)10(3)20-22/h8H,6-7H2,1-5H3,(H,17,25)(H,18,26)/t8-/m1/s1. The first kappa shape index (κ1) is 22.4. The highest BCUT2D eigenvalue weighted by Crippen LogP contribution is 2.23. The first-order chi connectivity index (χ1) is 13.9. The van der Waals surface area contributed by atoms with Crippen LogP contribution < -0.4 is 10.9 Å². The molecule has 14 heteroatoms. The molecule has 2 aromatic heterocycles. The molecule has 0 aromatic carbocycles. The van der Waals surface area contributed by atoms with Gasteiger partial charge in [-0.2, -0.15) is 10.2 Å². The molecule has 2 amide bonds. The minimum absolute atomic E-state index is 0.0753. The highest BCUT2D eigenvalue weighted by atomic mass is 16.6. The lowest BCUT2D eigenvalue weighted by Crippen LogP contribution is -2.46. The number of nitrogens with zero attached hydrogens (tertiary/aromatic N) is 6. The van der Waals surface area contributed by atoms with Crippen LogP contribution in [0.5, 0.6) is 0 Å². The molecule has 0 radical (unpaired) electrons. The fraction of sp³-hybridized carbons (Fsp3) is 0.500. The van der Waals surface area contributed by atoms with E-state index in [4.69, 9.17) is 0 Å². The zero-order chi connectivity index (χ0) is 22.7. The van der Waals surface area contributed by atoms with E-state index in [0.29, 0.717) is 5.69 Å². The lowest BCUT2D eigenvalue weighted by molar-refractivity contribution is -0.386. The molecule has 2 heterocycles. The third-order valence-corrected chi connectivity index (χ3v) is 4.56. The predicted octanol–water partition coefficient (Wildman–Crippen LogP) is 0.613. The minimum atomic E-state index is -0.655. The highest BCUT2D eigenvalue weighted by molar-refractivity contribution is 5.83. The van der Waals surface area contributed by atoms with Crippen molar-refractivity contribution in [1.29, 1.82) is 0 Å². The van der Waals surface area contributed by atoms with E-state index in [9.17, 15) is 29.8 Å². The second kappa shape index (κ2) is 8.67. The Morgan fingerprint density at radius 3 is 1.87 bits per heavy atom. The van der Waals surface area contributed by atoms with Gasteiger partial charge < -0.3 is 0 Å². The van der Waals surface area contributed by atoms with Crippen molar-refractivity contribution in [2.45, 2.75) is 47.7 Å². The Bertz CT molecular complexity index is 1020. The van der Waals surface area contributed by atoms with E-state index in [1.807, 2.05) is 0 Å². The number of carbonyl (C=O) groups excluding carboxylic acids is 2. The zero-order valence-electron chi connectivity index (χ0n) is 17.1. The molecule has 0 fully saturated rings. The van der Waals surface area contributed by atoms with E-state index in [-0.39, 0.29) is 41.5 Å². The van der Waals surface area contributed by atoms with Crippen LogP contribution in [0.2, 0.25) is 0 Å². The molecule has 162 valence electrons. The topological polar surface area (TPSA) is 180 Å². The Kier molecular flexibility index (Phi) is 6.49. The number of hydrogen-bond acceptors (Lipinski definition) is 8. The van der Waals surface area contributed by atoms with E-state index >= 15 is 0 Å². The van der Waals surface area contributed by atoms with Gasteiger partial charge in [0, 0.05) is 0 Å². The summed E-state index contributed by atoms with van der Waals surface area (Å²) in [4.78, 5) is 45.3. The van der Waals surface area contributed by atoms with E-state index in [1.54, 1.807) is 6.92 Å². The summed E-state index contributed by atoms with van der Waals surface area (Å²) in [7, 11) is 0. The summed E-state index contributed by atoms with van der Waals surface area (Å²) in [5, 5.41) is 30.1. The molecule has 14 nitrogen and oxygen atoms in total. The maximum Gasteiger partial charge on any atom is 0.312 e. The summed E-state index contributed by atoms with van der Waals surface area (Å²) in [6.07, 6.45) is 0. The number of carbonyl (C=O) groups is 2. The van der Waals surface area contributed by atoms with Gasteiger partial charge in [0.1, 0.15) is 29.3 Å². The molecule has 2 N–H and O–H groups in total. The molecule has 0 unspecified atom stereocenters. The second-order valence-corrected chi connectivity index (χ2v) is 6.83. The van der Waals surface area contributed by atoms with Crippen LogP contribution in [0.25, 0.3) is 0 Å². The van der Waals surface area contributed by atoms with Crippen molar-refractivity contribution >= 4 is 23.2 Å². The monoisotopic (exact) mass is 422 g/mol. The van der Waals surface area contributed by atoms with Crippen molar-refractivity contribution < 1.29 is 19.4 Å². The van der Waals surface area contributed by atoms with Crippen LogP contribution in [-0.4, -0.2) is 41.2 Å². The van der Waals surface area contributed by atoms with Crippen molar-refractivity contribution in [2.24, 2.45) is 5.92 Å². The van der Waals surface area contributed by atoms with Crippen LogP contribution in [0.1, 0.15) is 29.7 Å². The molecule has 0 aliphatic rings. The number of hydrazine groups is 1. The number of amides is 2. The maximum atomic E-state index is 12.2. The lowest BCUT2D eigenvalue weighted by atomic mass is 10.1. The maximum absolute atomic E-state index is 12.2. The van der Waals surface area contributed by atoms with Gasteiger partial charge in [0.05, 0.1) is 22.3 Å². The first-order valence-electron chi connectivity index (χ1n) is 8.89. The van der Waals surface area contributed by atoms with Crippen LogP contribution in [0.4, 0.5) is 11.4 Å². The minimum Gasteiger partial charge on any atom is -0.273 e. The molecule has 0 saturated carbocycles. The SMILES string of the molecule is Cc1nn(CC(=O)NNC(=O)[C@H](C)Cn2nc(C)c([N+](=O)[O-])c2C)c(C)c1[N+](=O)[O-]. The van der Waals surface area contributed by atoms with Gasteiger partial charge in [0.2, 0.25) is 5.91 Å². The first-order valence-corrected chi connectivity index (χ1v) is 8.89. The fourth-order valence-corrected chi connectivity index (χ4v) is 3.01. The second-order valence-electron chi connectivity index (χ2n) is 6.83. The average Bonchev–Trinajstić information content (AvgIpc) is 3.07. The van der Waals surface area contributed by atoms with Crippen LogP contribution in [0.3, 0.4) is 0 Å². The average molecular weight is 422 g/mol. The van der Waals surface area contributed by atoms with Crippen molar-refractivity contribution in [3.05, 3.63) is 43.0 Å². The summed E-state index contributed by atoms with van der Waals surface area (Å²) < 4.78 is 2.54. The van der Waals surface area contributed by atoms with Gasteiger partial charge in [-0.25, -0.2) is 0 Å². The molecule has 0 saturated heterocycles. The van der Waals surface area contributed by atoms with Crippen molar-refractivity contribution in [3.8, 4) is 0 Å². The number of aryl methyl sites for hydroxylation is 2. The fourth-order valence-electron chi connectivity index (χ4n) is 3.01. The Labute approximate surface area is 170 Å². The van der Waals surface area contributed by atoms with Crippen LogP contribution in [0.15, 0.2) is 0 Å². The molecular formula is C16H22N8O6. The molecule has 0 aliphatic carbocycles. The summed E-state index contributed by atoms with van der Waals surface area (Å²) in [5.74, 6) is -1.81. The number of aromatic nitrogens is 4.